The zero-order chi connectivity index (χ0) is 8.81. The number of nitrogens with one attached hydrogen (secondary N) is 1. The molecular weight excluding hydrogens is 150 g/mol. The van der Waals surface area contributed by atoms with E-state index in [4.69, 9.17) is 0 Å². The molecule has 0 saturated heterocycles. The minimum Gasteiger partial charge on any atom is -0.337 e. The fourth-order valence-electron chi connectivity index (χ4n) is 1.07. The fraction of sp³-hybridized carbons (Fsp3) is 0.667. The zero-order valence-electron chi connectivity index (χ0n) is 7.83. The van der Waals surface area contributed by atoms with Gasteiger partial charge in [0.25, 0.3) is 0 Å². The van der Waals surface area contributed by atoms with Crippen LogP contribution < -0.4 is 5.32 Å². The first kappa shape index (κ1) is 9.26. The molecule has 0 atom stereocenters. The van der Waals surface area contributed by atoms with E-state index in [9.17, 15) is 0 Å². The molecule has 70 valence electrons. The highest BCUT2D eigenvalue weighted by Gasteiger charge is 1.92. The van der Waals surface area contributed by atoms with Gasteiger partial charge in [-0.1, -0.05) is 13.8 Å². The second-order valence-corrected chi connectivity index (χ2v) is 3.26. The molecule has 3 nitrogen and oxygen atoms in total. The second kappa shape index (κ2) is 4.93. The molecule has 1 aromatic heterocycles. The van der Waals surface area contributed by atoms with Crippen LogP contribution in [0.1, 0.15) is 21.7 Å². The number of aromatic nitrogens is 2. The SMILES string of the molecule is CC(C)NCCCn1ccnc1.[HH]. The largest absolute Gasteiger partial charge is 0.337 e. The first-order valence-corrected chi connectivity index (χ1v) is 4.48. The van der Waals surface area contributed by atoms with Crippen molar-refractivity contribution in [3.05, 3.63) is 18.7 Å². The standard InChI is InChI=1S/C9H17N3.H2/c1-9(2)11-4-3-6-12-7-5-10-8-12;/h5,7-9,11H,3-4,6H2,1-2H3;1H. The Labute approximate surface area is 75.3 Å². The van der Waals surface area contributed by atoms with Gasteiger partial charge in [-0.25, -0.2) is 4.98 Å². The maximum absolute atomic E-state index is 3.98. The second-order valence-electron chi connectivity index (χ2n) is 3.26. The van der Waals surface area contributed by atoms with Gasteiger partial charge in [-0.2, -0.15) is 0 Å². The molecule has 0 fully saturated rings. The lowest BCUT2D eigenvalue weighted by Gasteiger charge is -2.07. The van der Waals surface area contributed by atoms with Gasteiger partial charge in [0, 0.05) is 26.4 Å². The predicted octanol–water partition coefficient (Wildman–Crippen LogP) is 1.52. The van der Waals surface area contributed by atoms with Crippen molar-refractivity contribution < 1.29 is 1.43 Å². The molecule has 0 amide bonds. The third kappa shape index (κ3) is 3.53. The molecule has 0 aromatic carbocycles. The van der Waals surface area contributed by atoms with Crippen molar-refractivity contribution in [1.82, 2.24) is 14.9 Å². The van der Waals surface area contributed by atoms with E-state index in [1.54, 1.807) is 0 Å². The third-order valence-electron chi connectivity index (χ3n) is 1.70. The lowest BCUT2D eigenvalue weighted by molar-refractivity contribution is 0.535. The Morgan fingerprint density at radius 3 is 3.00 bits per heavy atom. The molecule has 0 aliphatic rings. The van der Waals surface area contributed by atoms with Crippen LogP contribution in [0, 0.1) is 0 Å². The minimum atomic E-state index is 0. The summed E-state index contributed by atoms with van der Waals surface area (Å²) in [6, 6.07) is 0.591. The van der Waals surface area contributed by atoms with Crippen molar-refractivity contribution in [2.45, 2.75) is 32.9 Å². The van der Waals surface area contributed by atoms with Crippen LogP contribution in [0.2, 0.25) is 0 Å². The molecule has 3 heteroatoms. The fourth-order valence-corrected chi connectivity index (χ4v) is 1.07. The smallest absolute Gasteiger partial charge is 0.0945 e. The van der Waals surface area contributed by atoms with Gasteiger partial charge in [-0.3, -0.25) is 0 Å². The molecule has 1 heterocycles. The predicted molar refractivity (Wildman–Crippen MR) is 52.1 cm³/mol. The van der Waals surface area contributed by atoms with Gasteiger partial charge >= 0.3 is 0 Å². The van der Waals surface area contributed by atoms with Gasteiger partial charge in [0.05, 0.1) is 6.33 Å². The number of rotatable bonds is 5. The van der Waals surface area contributed by atoms with Crippen LogP contribution in [0.3, 0.4) is 0 Å². The summed E-state index contributed by atoms with van der Waals surface area (Å²) in [7, 11) is 0. The van der Waals surface area contributed by atoms with Crippen LogP contribution in [-0.4, -0.2) is 22.1 Å². The van der Waals surface area contributed by atoms with Crippen LogP contribution in [0.4, 0.5) is 0 Å². The van der Waals surface area contributed by atoms with Crippen molar-refractivity contribution in [2.75, 3.05) is 6.54 Å². The topological polar surface area (TPSA) is 29.9 Å². The Balaban J connectivity index is 0.00000144. The Morgan fingerprint density at radius 1 is 1.58 bits per heavy atom. The van der Waals surface area contributed by atoms with Gasteiger partial charge in [0.1, 0.15) is 0 Å². The van der Waals surface area contributed by atoms with E-state index in [2.05, 4.69) is 28.7 Å². The number of nitrogens with zero attached hydrogens (tertiary/aromatic N) is 2. The van der Waals surface area contributed by atoms with Gasteiger partial charge in [0.2, 0.25) is 0 Å². The molecule has 0 aliphatic heterocycles. The average molecular weight is 169 g/mol. The van der Waals surface area contributed by atoms with Crippen molar-refractivity contribution in [3.63, 3.8) is 0 Å². The highest BCUT2D eigenvalue weighted by Crippen LogP contribution is 1.89. The first-order valence-electron chi connectivity index (χ1n) is 4.48. The highest BCUT2D eigenvalue weighted by molar-refractivity contribution is 4.73. The lowest BCUT2D eigenvalue weighted by Crippen LogP contribution is -2.24. The summed E-state index contributed by atoms with van der Waals surface area (Å²) < 4.78 is 2.10. The van der Waals surface area contributed by atoms with Crippen LogP contribution in [0.5, 0.6) is 0 Å². The van der Waals surface area contributed by atoms with E-state index in [0.717, 1.165) is 19.5 Å². The van der Waals surface area contributed by atoms with E-state index in [-0.39, 0.29) is 1.43 Å². The van der Waals surface area contributed by atoms with E-state index in [0.29, 0.717) is 6.04 Å². The van der Waals surface area contributed by atoms with Crippen LogP contribution in [-0.2, 0) is 6.54 Å². The molecule has 0 radical (unpaired) electrons. The normalized spacial score (nSPS) is 10.9. The summed E-state index contributed by atoms with van der Waals surface area (Å²) in [5.74, 6) is 0. The molecule has 0 saturated carbocycles. The molecular formula is C9H19N3. The van der Waals surface area contributed by atoms with E-state index in [1.165, 1.54) is 0 Å². The van der Waals surface area contributed by atoms with Gasteiger partial charge in [-0.15, -0.1) is 0 Å². The Hall–Kier alpha value is -0.830. The Morgan fingerprint density at radius 2 is 2.42 bits per heavy atom. The third-order valence-corrected chi connectivity index (χ3v) is 1.70. The van der Waals surface area contributed by atoms with E-state index >= 15 is 0 Å². The maximum atomic E-state index is 3.98. The zero-order valence-corrected chi connectivity index (χ0v) is 7.83. The summed E-state index contributed by atoms with van der Waals surface area (Å²) in [4.78, 5) is 3.98. The van der Waals surface area contributed by atoms with Crippen molar-refractivity contribution in [3.8, 4) is 0 Å². The summed E-state index contributed by atoms with van der Waals surface area (Å²) >= 11 is 0. The summed E-state index contributed by atoms with van der Waals surface area (Å²) in [5, 5.41) is 3.37. The molecule has 1 rings (SSSR count). The first-order chi connectivity index (χ1) is 5.79. The molecule has 0 spiro atoms. The van der Waals surface area contributed by atoms with Crippen molar-refractivity contribution >= 4 is 0 Å². The average Bonchev–Trinajstić information content (AvgIpc) is 2.49. The maximum Gasteiger partial charge on any atom is 0.0945 e. The quantitative estimate of drug-likeness (QED) is 0.677. The van der Waals surface area contributed by atoms with Crippen molar-refractivity contribution in [2.24, 2.45) is 0 Å². The van der Waals surface area contributed by atoms with E-state index < -0.39 is 0 Å². The molecule has 1 N–H and O–H groups in total. The minimum absolute atomic E-state index is 0. The van der Waals surface area contributed by atoms with Gasteiger partial charge in [-0.05, 0) is 13.0 Å². The van der Waals surface area contributed by atoms with Crippen LogP contribution in [0.15, 0.2) is 18.7 Å². The van der Waals surface area contributed by atoms with Gasteiger partial charge in [0.15, 0.2) is 0 Å². The lowest BCUT2D eigenvalue weighted by atomic mass is 10.3. The monoisotopic (exact) mass is 169 g/mol. The number of aryl methyl sites for hydroxylation is 1. The number of hydrogen-bond donors (Lipinski definition) is 1. The molecule has 12 heavy (non-hydrogen) atoms. The number of hydrogen-bond acceptors (Lipinski definition) is 2. The molecule has 1 aromatic rings. The molecule has 0 aliphatic carbocycles. The van der Waals surface area contributed by atoms with E-state index in [1.807, 2.05) is 18.7 Å². The Kier molecular flexibility index (Phi) is 3.80. The molecule has 0 unspecified atom stereocenters. The summed E-state index contributed by atoms with van der Waals surface area (Å²) in [6.07, 6.45) is 6.83. The highest BCUT2D eigenvalue weighted by atomic mass is 15.0. The van der Waals surface area contributed by atoms with Crippen LogP contribution in [0.25, 0.3) is 0 Å². The summed E-state index contributed by atoms with van der Waals surface area (Å²) in [6.45, 7) is 6.46. The van der Waals surface area contributed by atoms with Crippen molar-refractivity contribution in [1.29, 1.82) is 0 Å². The summed E-state index contributed by atoms with van der Waals surface area (Å²) in [5.41, 5.74) is 0. The molecule has 0 bridgehead atoms. The number of imidazole rings is 1. The van der Waals surface area contributed by atoms with Crippen LogP contribution >= 0.6 is 0 Å². The van der Waals surface area contributed by atoms with Gasteiger partial charge < -0.3 is 9.88 Å². The Bertz CT molecular complexity index is 197.